The minimum absolute atomic E-state index is 0. The average Bonchev–Trinajstić information content (AvgIpc) is 2.66. The zero-order valence-electron chi connectivity index (χ0n) is 18.3. The minimum atomic E-state index is -3.28. The van der Waals surface area contributed by atoms with E-state index >= 15 is 0 Å². The van der Waals surface area contributed by atoms with Crippen LogP contribution < -0.4 is 5.32 Å². The minimum Gasteiger partial charge on any atom is -0.382 e. The summed E-state index contributed by atoms with van der Waals surface area (Å²) in [6.45, 7) is 11.5. The molecule has 0 amide bonds. The number of methoxy groups -OCH3 is 1. The van der Waals surface area contributed by atoms with Crippen LogP contribution in [0.25, 0.3) is 0 Å². The second-order valence-corrected chi connectivity index (χ2v) is 8.90. The molecule has 174 valence electrons. The van der Waals surface area contributed by atoms with Crippen LogP contribution in [0.15, 0.2) is 4.99 Å². The van der Waals surface area contributed by atoms with Gasteiger partial charge in [0.1, 0.15) is 0 Å². The van der Waals surface area contributed by atoms with E-state index in [-0.39, 0.29) is 42.4 Å². The second-order valence-electron chi connectivity index (χ2n) is 6.82. The molecular formula is C18H39IN4O5S. The average molecular weight is 551 g/mol. The van der Waals surface area contributed by atoms with Crippen molar-refractivity contribution in [3.8, 4) is 0 Å². The second kappa shape index (κ2) is 16.5. The van der Waals surface area contributed by atoms with E-state index in [9.17, 15) is 8.42 Å². The summed E-state index contributed by atoms with van der Waals surface area (Å²) < 4.78 is 42.2. The zero-order valence-corrected chi connectivity index (χ0v) is 21.4. The first-order valence-electron chi connectivity index (χ1n) is 10.1. The van der Waals surface area contributed by atoms with Crippen LogP contribution >= 0.6 is 24.0 Å². The first kappa shape index (κ1) is 28.8. The van der Waals surface area contributed by atoms with Crippen LogP contribution in [0, 0.1) is 0 Å². The van der Waals surface area contributed by atoms with Gasteiger partial charge < -0.3 is 24.4 Å². The number of rotatable bonds is 13. The molecule has 9 nitrogen and oxygen atoms in total. The van der Waals surface area contributed by atoms with Gasteiger partial charge in [-0.15, -0.1) is 24.0 Å². The summed E-state index contributed by atoms with van der Waals surface area (Å²) >= 11 is 0. The number of sulfonamides is 1. The maximum absolute atomic E-state index is 12.4. The summed E-state index contributed by atoms with van der Waals surface area (Å²) in [5.74, 6) is 0.863. The molecule has 0 unspecified atom stereocenters. The Morgan fingerprint density at radius 1 is 1.10 bits per heavy atom. The smallest absolute Gasteiger partial charge is 0.216 e. The molecule has 0 aliphatic carbocycles. The first-order chi connectivity index (χ1) is 13.4. The quantitative estimate of drug-likeness (QED) is 0.158. The topological polar surface area (TPSA) is 92.7 Å². The van der Waals surface area contributed by atoms with Crippen LogP contribution in [-0.2, 0) is 24.2 Å². The summed E-state index contributed by atoms with van der Waals surface area (Å²) in [5.41, 5.74) is 0. The third kappa shape index (κ3) is 12.3. The molecule has 0 spiro atoms. The molecule has 1 heterocycles. The van der Waals surface area contributed by atoms with Crippen molar-refractivity contribution in [2.45, 2.75) is 33.3 Å². The van der Waals surface area contributed by atoms with E-state index in [1.807, 2.05) is 20.8 Å². The number of nitrogens with zero attached hydrogens (tertiary/aromatic N) is 3. The monoisotopic (exact) mass is 550 g/mol. The highest BCUT2D eigenvalue weighted by atomic mass is 127. The Balaban J connectivity index is 0.00000784. The van der Waals surface area contributed by atoms with Gasteiger partial charge in [0.2, 0.25) is 10.0 Å². The van der Waals surface area contributed by atoms with Crippen LogP contribution in [0.4, 0.5) is 0 Å². The van der Waals surface area contributed by atoms with Crippen molar-refractivity contribution in [2.24, 2.45) is 4.99 Å². The van der Waals surface area contributed by atoms with Crippen molar-refractivity contribution in [2.75, 3.05) is 78.6 Å². The molecule has 0 aromatic heterocycles. The van der Waals surface area contributed by atoms with Crippen molar-refractivity contribution in [1.82, 2.24) is 14.5 Å². The molecule has 1 N–H and O–H groups in total. The van der Waals surface area contributed by atoms with Gasteiger partial charge in [-0.3, -0.25) is 4.99 Å². The van der Waals surface area contributed by atoms with E-state index in [4.69, 9.17) is 14.2 Å². The summed E-state index contributed by atoms with van der Waals surface area (Å²) in [4.78, 5) is 6.76. The van der Waals surface area contributed by atoms with Crippen LogP contribution in [0.1, 0.15) is 27.2 Å². The summed E-state index contributed by atoms with van der Waals surface area (Å²) in [6, 6.07) is 0. The third-order valence-electron chi connectivity index (χ3n) is 4.20. The molecule has 1 rings (SSSR count). The molecule has 1 fully saturated rings. The Morgan fingerprint density at radius 3 is 2.38 bits per heavy atom. The highest BCUT2D eigenvalue weighted by Crippen LogP contribution is 2.09. The maximum atomic E-state index is 12.4. The van der Waals surface area contributed by atoms with E-state index in [1.54, 1.807) is 11.4 Å². The largest absolute Gasteiger partial charge is 0.382 e. The molecule has 0 atom stereocenters. The number of ether oxygens (including phenoxy) is 3. The van der Waals surface area contributed by atoms with Crippen molar-refractivity contribution < 1.29 is 22.6 Å². The third-order valence-corrected chi connectivity index (χ3v) is 6.03. The summed E-state index contributed by atoms with van der Waals surface area (Å²) in [7, 11) is -1.62. The molecular weight excluding hydrogens is 511 g/mol. The Morgan fingerprint density at radius 2 is 1.79 bits per heavy atom. The van der Waals surface area contributed by atoms with Crippen LogP contribution in [-0.4, -0.2) is 108 Å². The van der Waals surface area contributed by atoms with Crippen molar-refractivity contribution in [1.29, 1.82) is 0 Å². The predicted octanol–water partition coefficient (Wildman–Crippen LogP) is 0.995. The standard InChI is InChI=1S/C18H38N4O5S.HI/c1-5-19-18(20-7-6-12-26-14-13-25-4)21-8-10-22(11-9-21)28(23,24)16-15-27-17(2)3;/h17H,5-16H2,1-4H3,(H,19,20);1H. The van der Waals surface area contributed by atoms with Gasteiger partial charge in [-0.25, -0.2) is 8.42 Å². The predicted molar refractivity (Wildman–Crippen MR) is 127 cm³/mol. The number of guanidine groups is 1. The van der Waals surface area contributed by atoms with Crippen molar-refractivity contribution >= 4 is 40.0 Å². The van der Waals surface area contributed by atoms with Gasteiger partial charge in [-0.05, 0) is 27.2 Å². The van der Waals surface area contributed by atoms with Crippen LogP contribution in [0.5, 0.6) is 0 Å². The molecule has 0 bridgehead atoms. The lowest BCUT2D eigenvalue weighted by Crippen LogP contribution is -2.54. The Labute approximate surface area is 193 Å². The fraction of sp³-hybridized carbons (Fsp3) is 0.944. The highest BCUT2D eigenvalue weighted by molar-refractivity contribution is 14.0. The highest BCUT2D eigenvalue weighted by Gasteiger charge is 2.27. The lowest BCUT2D eigenvalue weighted by atomic mass is 10.4. The van der Waals surface area contributed by atoms with E-state index in [0.717, 1.165) is 18.9 Å². The van der Waals surface area contributed by atoms with E-state index in [0.29, 0.717) is 52.5 Å². The van der Waals surface area contributed by atoms with Crippen molar-refractivity contribution in [3.05, 3.63) is 0 Å². The van der Waals surface area contributed by atoms with Gasteiger partial charge in [-0.2, -0.15) is 4.31 Å². The number of piperazine rings is 1. The van der Waals surface area contributed by atoms with E-state index < -0.39 is 10.0 Å². The number of hydrogen-bond donors (Lipinski definition) is 1. The van der Waals surface area contributed by atoms with Gasteiger partial charge in [-0.1, -0.05) is 0 Å². The van der Waals surface area contributed by atoms with Gasteiger partial charge in [0, 0.05) is 53.0 Å². The van der Waals surface area contributed by atoms with Gasteiger partial charge in [0.25, 0.3) is 0 Å². The summed E-state index contributed by atoms with van der Waals surface area (Å²) in [6.07, 6.45) is 0.874. The number of aliphatic imine (C=N–C) groups is 1. The van der Waals surface area contributed by atoms with Crippen LogP contribution in [0.3, 0.4) is 0 Å². The van der Waals surface area contributed by atoms with Crippen molar-refractivity contribution in [3.63, 3.8) is 0 Å². The molecule has 11 heteroatoms. The maximum Gasteiger partial charge on any atom is 0.216 e. The Kier molecular flexibility index (Phi) is 16.4. The number of halogens is 1. The van der Waals surface area contributed by atoms with E-state index in [2.05, 4.69) is 15.2 Å². The molecule has 1 aliphatic rings. The van der Waals surface area contributed by atoms with Gasteiger partial charge >= 0.3 is 0 Å². The lowest BCUT2D eigenvalue weighted by molar-refractivity contribution is 0.0702. The molecule has 0 aromatic rings. The lowest BCUT2D eigenvalue weighted by Gasteiger charge is -2.36. The normalized spacial score (nSPS) is 16.2. The molecule has 0 radical (unpaired) electrons. The Hall–Kier alpha value is -0.210. The van der Waals surface area contributed by atoms with Crippen LogP contribution in [0.2, 0.25) is 0 Å². The van der Waals surface area contributed by atoms with Gasteiger partial charge in [0.05, 0.1) is 31.7 Å². The molecule has 1 saturated heterocycles. The number of nitrogens with one attached hydrogen (secondary N) is 1. The first-order valence-corrected chi connectivity index (χ1v) is 11.7. The molecule has 0 aromatic carbocycles. The number of hydrogen-bond acceptors (Lipinski definition) is 6. The summed E-state index contributed by atoms with van der Waals surface area (Å²) in [5, 5.41) is 3.29. The fourth-order valence-corrected chi connectivity index (χ4v) is 4.00. The SMILES string of the molecule is CCNC(=NCCCOCCOC)N1CCN(S(=O)(=O)CCOC(C)C)CC1.I. The molecule has 1 aliphatic heterocycles. The van der Waals surface area contributed by atoms with Gasteiger partial charge in [0.15, 0.2) is 5.96 Å². The Bertz CT molecular complexity index is 540. The molecule has 29 heavy (non-hydrogen) atoms. The van der Waals surface area contributed by atoms with E-state index in [1.165, 1.54) is 0 Å². The molecule has 0 saturated carbocycles. The zero-order chi connectivity index (χ0) is 20.8. The fourth-order valence-electron chi connectivity index (χ4n) is 2.72.